The molecule has 0 aromatic rings. The van der Waals surface area contributed by atoms with Crippen molar-refractivity contribution in [1.29, 1.82) is 0 Å². The van der Waals surface area contributed by atoms with Gasteiger partial charge in [-0.1, -0.05) is 6.08 Å². The van der Waals surface area contributed by atoms with E-state index in [9.17, 15) is 9.59 Å². The number of carbonyl (C=O) groups excluding carboxylic acids is 1. The summed E-state index contributed by atoms with van der Waals surface area (Å²) in [5, 5.41) is 8.60. The molecule has 0 spiro atoms. The minimum atomic E-state index is -0.824. The molecule has 4 heteroatoms. The van der Waals surface area contributed by atoms with Gasteiger partial charge in [0.25, 0.3) is 0 Å². The lowest BCUT2D eigenvalue weighted by Gasteiger charge is -2.12. The Kier molecular flexibility index (Phi) is 1.83. The first-order valence-electron chi connectivity index (χ1n) is 4.26. The Morgan fingerprint density at radius 3 is 3.08 bits per heavy atom. The minimum Gasteiger partial charge on any atom is -0.481 e. The summed E-state index contributed by atoms with van der Waals surface area (Å²) in [4.78, 5) is 21.4. The number of carboxylic acid groups (broad SMARTS) is 1. The highest BCUT2D eigenvalue weighted by atomic mass is 16.5. The first kappa shape index (κ1) is 8.29. The van der Waals surface area contributed by atoms with Gasteiger partial charge in [0.15, 0.2) is 0 Å². The van der Waals surface area contributed by atoms with E-state index < -0.39 is 5.97 Å². The lowest BCUT2D eigenvalue weighted by molar-refractivity contribution is -0.140. The van der Waals surface area contributed by atoms with Crippen molar-refractivity contribution in [3.63, 3.8) is 0 Å². The Morgan fingerprint density at radius 2 is 2.38 bits per heavy atom. The first-order chi connectivity index (χ1) is 6.16. The molecule has 13 heavy (non-hydrogen) atoms. The number of esters is 1. The molecule has 1 N–H and O–H groups in total. The molecule has 2 rings (SSSR count). The van der Waals surface area contributed by atoms with E-state index in [2.05, 4.69) is 0 Å². The van der Waals surface area contributed by atoms with Crippen LogP contribution in [0.3, 0.4) is 0 Å². The lowest BCUT2D eigenvalue weighted by Crippen LogP contribution is -2.17. The molecule has 0 saturated carbocycles. The second-order valence-electron chi connectivity index (χ2n) is 3.47. The molecular weight excluding hydrogens is 172 g/mol. The summed E-state index contributed by atoms with van der Waals surface area (Å²) >= 11 is 0. The van der Waals surface area contributed by atoms with Crippen LogP contribution in [0.25, 0.3) is 0 Å². The summed E-state index contributed by atoms with van der Waals surface area (Å²) in [6.45, 7) is 0. The van der Waals surface area contributed by atoms with Crippen LogP contribution in [0.2, 0.25) is 0 Å². The van der Waals surface area contributed by atoms with Gasteiger partial charge >= 0.3 is 11.9 Å². The third-order valence-electron chi connectivity index (χ3n) is 2.60. The molecule has 0 aromatic carbocycles. The molecule has 4 nitrogen and oxygen atoms in total. The number of fused-ring (bicyclic) bond motifs is 1. The van der Waals surface area contributed by atoms with E-state index in [1.54, 1.807) is 6.08 Å². The highest BCUT2D eigenvalue weighted by molar-refractivity contribution is 5.74. The number of allylic oxidation sites excluding steroid dienone is 1. The predicted molar refractivity (Wildman–Crippen MR) is 42.9 cm³/mol. The highest BCUT2D eigenvalue weighted by Crippen LogP contribution is 2.37. The molecule has 1 saturated heterocycles. The van der Waals surface area contributed by atoms with Crippen LogP contribution in [0.1, 0.15) is 12.8 Å². The molecule has 0 radical (unpaired) electrons. The molecule has 1 aliphatic heterocycles. The molecule has 0 bridgehead atoms. The van der Waals surface area contributed by atoms with Crippen molar-refractivity contribution in [3.8, 4) is 0 Å². The van der Waals surface area contributed by atoms with E-state index >= 15 is 0 Å². The molecule has 2 aliphatic rings. The Morgan fingerprint density at radius 1 is 1.62 bits per heavy atom. The van der Waals surface area contributed by atoms with Gasteiger partial charge in [0.05, 0.1) is 12.8 Å². The van der Waals surface area contributed by atoms with Crippen molar-refractivity contribution in [1.82, 2.24) is 0 Å². The number of hydrogen-bond acceptors (Lipinski definition) is 3. The standard InChI is InChI=1S/C9H10O4/c10-8(11)3-5-1-2-7-6(5)4-9(12)13-7/h1-2,5-7H,3-4H2,(H,10,11). The van der Waals surface area contributed by atoms with Gasteiger partial charge in [0.2, 0.25) is 0 Å². The minimum absolute atomic E-state index is 0.0334. The molecular formula is C9H10O4. The van der Waals surface area contributed by atoms with E-state index in [1.165, 1.54) is 0 Å². The zero-order chi connectivity index (χ0) is 9.42. The fourth-order valence-electron chi connectivity index (χ4n) is 1.99. The van der Waals surface area contributed by atoms with E-state index in [0.717, 1.165) is 0 Å². The van der Waals surface area contributed by atoms with E-state index in [-0.39, 0.29) is 30.3 Å². The molecule has 0 aromatic heterocycles. The van der Waals surface area contributed by atoms with E-state index in [1.807, 2.05) is 6.08 Å². The third kappa shape index (κ3) is 1.43. The number of carbonyl (C=O) groups is 2. The number of rotatable bonds is 2. The topological polar surface area (TPSA) is 63.6 Å². The quantitative estimate of drug-likeness (QED) is 0.501. The van der Waals surface area contributed by atoms with Crippen LogP contribution in [0.5, 0.6) is 0 Å². The van der Waals surface area contributed by atoms with Gasteiger partial charge in [0.1, 0.15) is 6.10 Å². The molecule has 3 unspecified atom stereocenters. The van der Waals surface area contributed by atoms with Crippen molar-refractivity contribution in [2.75, 3.05) is 0 Å². The van der Waals surface area contributed by atoms with Crippen LogP contribution in [0.15, 0.2) is 12.2 Å². The van der Waals surface area contributed by atoms with Crippen molar-refractivity contribution < 1.29 is 19.4 Å². The maximum absolute atomic E-state index is 10.9. The van der Waals surface area contributed by atoms with Crippen LogP contribution in [0.4, 0.5) is 0 Å². The van der Waals surface area contributed by atoms with E-state index in [4.69, 9.17) is 9.84 Å². The summed E-state index contributed by atoms with van der Waals surface area (Å²) in [5.41, 5.74) is 0. The van der Waals surface area contributed by atoms with Crippen molar-refractivity contribution in [3.05, 3.63) is 12.2 Å². The molecule has 1 aliphatic carbocycles. The van der Waals surface area contributed by atoms with Gasteiger partial charge in [-0.15, -0.1) is 0 Å². The third-order valence-corrected chi connectivity index (χ3v) is 2.60. The number of aliphatic carboxylic acids is 1. The Bertz CT molecular complexity index is 281. The number of ether oxygens (including phenoxy) is 1. The molecule has 1 heterocycles. The Hall–Kier alpha value is -1.32. The molecule has 3 atom stereocenters. The van der Waals surface area contributed by atoms with Crippen LogP contribution in [-0.4, -0.2) is 23.1 Å². The summed E-state index contributed by atoms with van der Waals surface area (Å²) in [6.07, 6.45) is 3.92. The maximum Gasteiger partial charge on any atom is 0.306 e. The predicted octanol–water partition coefficient (Wildman–Crippen LogP) is 0.579. The summed E-state index contributed by atoms with van der Waals surface area (Å²) in [7, 11) is 0. The van der Waals surface area contributed by atoms with Crippen LogP contribution >= 0.6 is 0 Å². The van der Waals surface area contributed by atoms with Crippen molar-refractivity contribution >= 4 is 11.9 Å². The van der Waals surface area contributed by atoms with Crippen LogP contribution in [0, 0.1) is 11.8 Å². The summed E-state index contributed by atoms with van der Waals surface area (Å²) in [5.74, 6) is -1.01. The smallest absolute Gasteiger partial charge is 0.306 e. The van der Waals surface area contributed by atoms with Gasteiger partial charge in [-0.2, -0.15) is 0 Å². The van der Waals surface area contributed by atoms with Crippen molar-refractivity contribution in [2.45, 2.75) is 18.9 Å². The van der Waals surface area contributed by atoms with Gasteiger partial charge in [-0.05, 0) is 12.0 Å². The van der Waals surface area contributed by atoms with E-state index in [0.29, 0.717) is 6.42 Å². The second kappa shape index (κ2) is 2.87. The summed E-state index contributed by atoms with van der Waals surface area (Å²) < 4.78 is 4.98. The lowest BCUT2D eigenvalue weighted by atomic mass is 9.90. The zero-order valence-electron chi connectivity index (χ0n) is 6.97. The monoisotopic (exact) mass is 182 g/mol. The normalized spacial score (nSPS) is 36.0. The summed E-state index contributed by atoms with van der Waals surface area (Å²) in [6, 6.07) is 0. The molecule has 0 amide bonds. The maximum atomic E-state index is 10.9. The number of hydrogen-bond donors (Lipinski definition) is 1. The van der Waals surface area contributed by atoms with Gasteiger partial charge < -0.3 is 9.84 Å². The van der Waals surface area contributed by atoms with Crippen molar-refractivity contribution in [2.24, 2.45) is 11.8 Å². The average molecular weight is 182 g/mol. The highest BCUT2D eigenvalue weighted by Gasteiger charge is 2.41. The van der Waals surface area contributed by atoms with Crippen LogP contribution < -0.4 is 0 Å². The zero-order valence-corrected chi connectivity index (χ0v) is 6.97. The first-order valence-corrected chi connectivity index (χ1v) is 4.26. The fraction of sp³-hybridized carbons (Fsp3) is 0.556. The SMILES string of the molecule is O=C(O)CC1C=CC2OC(=O)CC12. The fourth-order valence-corrected chi connectivity index (χ4v) is 1.99. The number of carboxylic acids is 1. The Labute approximate surface area is 75.2 Å². The van der Waals surface area contributed by atoms with Crippen LogP contribution in [-0.2, 0) is 14.3 Å². The largest absolute Gasteiger partial charge is 0.481 e. The Balaban J connectivity index is 2.05. The second-order valence-corrected chi connectivity index (χ2v) is 3.47. The average Bonchev–Trinajstić information content (AvgIpc) is 2.51. The molecule has 1 fully saturated rings. The van der Waals surface area contributed by atoms with Gasteiger partial charge in [-0.25, -0.2) is 0 Å². The molecule has 70 valence electrons. The van der Waals surface area contributed by atoms with Gasteiger partial charge in [-0.3, -0.25) is 9.59 Å². The van der Waals surface area contributed by atoms with Gasteiger partial charge in [0, 0.05) is 5.92 Å².